The normalized spacial score (nSPS) is 11.5. The van der Waals surface area contributed by atoms with Gasteiger partial charge in [0.2, 0.25) is 0 Å². The Kier molecular flexibility index (Phi) is 4.21. The van der Waals surface area contributed by atoms with E-state index in [1.807, 2.05) is 0 Å². The van der Waals surface area contributed by atoms with Crippen molar-refractivity contribution in [1.82, 2.24) is 0 Å². The molecule has 0 aliphatic heterocycles. The van der Waals surface area contributed by atoms with E-state index in [1.54, 1.807) is 0 Å². The Morgan fingerprint density at radius 3 is 2.25 bits per heavy atom. The van der Waals surface area contributed by atoms with Crippen LogP contribution < -0.4 is 0 Å². The maximum Gasteiger partial charge on any atom is -0.00990 e. The summed E-state index contributed by atoms with van der Waals surface area (Å²) in [6.07, 6.45) is 6.47. The Morgan fingerprint density at radius 2 is 1.33 bits per heavy atom. The van der Waals surface area contributed by atoms with Crippen molar-refractivity contribution in [3.63, 3.8) is 0 Å². The smallest absolute Gasteiger partial charge is 0.00990 e. The summed E-state index contributed by atoms with van der Waals surface area (Å²) in [6, 6.07) is 24.7. The van der Waals surface area contributed by atoms with Crippen LogP contribution in [0, 0.1) is 0 Å². The molecule has 120 valence electrons. The van der Waals surface area contributed by atoms with Crippen molar-refractivity contribution in [2.45, 2.75) is 39.0 Å². The van der Waals surface area contributed by atoms with Crippen LogP contribution >= 0.6 is 0 Å². The predicted octanol–water partition coefficient (Wildman–Crippen LogP) is 7.27. The Hall–Kier alpha value is -2.34. The minimum absolute atomic E-state index is 1.19. The van der Waals surface area contributed by atoms with E-state index in [2.05, 4.69) is 73.7 Å². The van der Waals surface area contributed by atoms with Crippen molar-refractivity contribution in [2.24, 2.45) is 0 Å². The molecule has 0 heteroatoms. The van der Waals surface area contributed by atoms with Crippen LogP contribution in [0.5, 0.6) is 0 Å². The summed E-state index contributed by atoms with van der Waals surface area (Å²) in [5.74, 6) is 0. The highest BCUT2D eigenvalue weighted by Gasteiger charge is 2.06. The molecule has 4 aromatic rings. The number of aryl methyl sites for hydroxylation is 1. The fourth-order valence-electron chi connectivity index (χ4n) is 3.81. The summed E-state index contributed by atoms with van der Waals surface area (Å²) in [6.45, 7) is 2.27. The molecule has 4 aromatic carbocycles. The van der Waals surface area contributed by atoms with Gasteiger partial charge in [-0.1, -0.05) is 80.8 Å². The first-order valence-electron chi connectivity index (χ1n) is 9.20. The third-order valence-electron chi connectivity index (χ3n) is 5.13. The molecule has 0 aliphatic rings. The summed E-state index contributed by atoms with van der Waals surface area (Å²) in [5.41, 5.74) is 1.50. The van der Waals surface area contributed by atoms with Crippen LogP contribution in [0.3, 0.4) is 0 Å². The van der Waals surface area contributed by atoms with Crippen molar-refractivity contribution >= 4 is 32.3 Å². The molecular weight excluding hydrogens is 288 g/mol. The van der Waals surface area contributed by atoms with Gasteiger partial charge in [-0.3, -0.25) is 0 Å². The van der Waals surface area contributed by atoms with Crippen molar-refractivity contribution in [1.29, 1.82) is 0 Å². The molecular formula is C24H24. The van der Waals surface area contributed by atoms with Crippen LogP contribution in [0.2, 0.25) is 0 Å². The van der Waals surface area contributed by atoms with Crippen LogP contribution in [0.4, 0.5) is 0 Å². The van der Waals surface area contributed by atoms with Crippen molar-refractivity contribution in [3.8, 4) is 0 Å². The quantitative estimate of drug-likeness (QED) is 0.206. The first-order valence-corrected chi connectivity index (χ1v) is 9.20. The standard InChI is InChI=1S/C24H24/c1-2-3-4-5-9-18-11-8-12-20-17-24-21(16-23(18)20)15-14-19-10-6-7-13-22(19)24/h6-8,10-17H,2-5,9H2,1H3. The third-order valence-corrected chi connectivity index (χ3v) is 5.13. The highest BCUT2D eigenvalue weighted by molar-refractivity contribution is 6.12. The van der Waals surface area contributed by atoms with Crippen LogP contribution in [-0.4, -0.2) is 0 Å². The third kappa shape index (κ3) is 2.78. The molecule has 0 nitrogen and oxygen atoms in total. The number of rotatable bonds is 5. The Bertz CT molecular complexity index is 995. The highest BCUT2D eigenvalue weighted by atomic mass is 14.1. The Morgan fingerprint density at radius 1 is 0.583 bits per heavy atom. The van der Waals surface area contributed by atoms with E-state index in [0.29, 0.717) is 0 Å². The fourth-order valence-corrected chi connectivity index (χ4v) is 3.81. The topological polar surface area (TPSA) is 0 Å². The lowest BCUT2D eigenvalue weighted by molar-refractivity contribution is 0.668. The van der Waals surface area contributed by atoms with E-state index in [0.717, 1.165) is 0 Å². The summed E-state index contributed by atoms with van der Waals surface area (Å²) in [4.78, 5) is 0. The van der Waals surface area contributed by atoms with E-state index in [1.165, 1.54) is 70.0 Å². The molecule has 0 aromatic heterocycles. The van der Waals surface area contributed by atoms with Crippen molar-refractivity contribution in [2.75, 3.05) is 0 Å². The van der Waals surface area contributed by atoms with E-state index >= 15 is 0 Å². The Balaban J connectivity index is 1.83. The highest BCUT2D eigenvalue weighted by Crippen LogP contribution is 2.31. The average molecular weight is 312 g/mol. The van der Waals surface area contributed by atoms with Gasteiger partial charge in [-0.25, -0.2) is 0 Å². The second-order valence-corrected chi connectivity index (χ2v) is 6.81. The summed E-state index contributed by atoms with van der Waals surface area (Å²) >= 11 is 0. The van der Waals surface area contributed by atoms with Gasteiger partial charge in [0.15, 0.2) is 0 Å². The van der Waals surface area contributed by atoms with Gasteiger partial charge in [0, 0.05) is 0 Å². The predicted molar refractivity (Wildman–Crippen MR) is 107 cm³/mol. The molecule has 0 unspecified atom stereocenters. The number of hydrogen-bond donors (Lipinski definition) is 0. The Labute approximate surface area is 144 Å². The monoisotopic (exact) mass is 312 g/mol. The van der Waals surface area contributed by atoms with E-state index in [-0.39, 0.29) is 0 Å². The molecule has 0 atom stereocenters. The van der Waals surface area contributed by atoms with Gasteiger partial charge in [-0.05, 0) is 62.9 Å². The van der Waals surface area contributed by atoms with E-state index in [4.69, 9.17) is 0 Å². The molecule has 0 bridgehead atoms. The first kappa shape index (κ1) is 15.2. The number of unbranched alkanes of at least 4 members (excludes halogenated alkanes) is 3. The van der Waals surface area contributed by atoms with Crippen LogP contribution in [0.1, 0.15) is 38.2 Å². The zero-order valence-corrected chi connectivity index (χ0v) is 14.4. The second-order valence-electron chi connectivity index (χ2n) is 6.81. The van der Waals surface area contributed by atoms with Gasteiger partial charge >= 0.3 is 0 Å². The summed E-state index contributed by atoms with van der Waals surface area (Å²) < 4.78 is 0. The van der Waals surface area contributed by atoms with Gasteiger partial charge in [0.25, 0.3) is 0 Å². The summed E-state index contributed by atoms with van der Waals surface area (Å²) in [7, 11) is 0. The minimum Gasteiger partial charge on any atom is -0.0654 e. The van der Waals surface area contributed by atoms with Crippen LogP contribution in [-0.2, 0) is 6.42 Å². The van der Waals surface area contributed by atoms with Crippen LogP contribution in [0.15, 0.2) is 66.7 Å². The molecule has 0 radical (unpaired) electrons. The molecule has 0 aliphatic carbocycles. The van der Waals surface area contributed by atoms with Gasteiger partial charge in [-0.15, -0.1) is 0 Å². The first-order chi connectivity index (χ1) is 11.9. The molecule has 0 heterocycles. The van der Waals surface area contributed by atoms with Gasteiger partial charge < -0.3 is 0 Å². The number of fused-ring (bicyclic) bond motifs is 4. The SMILES string of the molecule is CCCCCCc1cccc2cc3c(ccc4ccccc43)cc12. The lowest BCUT2D eigenvalue weighted by Crippen LogP contribution is -1.89. The summed E-state index contributed by atoms with van der Waals surface area (Å²) in [5, 5.41) is 8.18. The zero-order chi connectivity index (χ0) is 16.4. The number of hydrogen-bond acceptors (Lipinski definition) is 0. The molecule has 0 fully saturated rings. The molecule has 0 amide bonds. The van der Waals surface area contributed by atoms with E-state index < -0.39 is 0 Å². The largest absolute Gasteiger partial charge is 0.0654 e. The van der Waals surface area contributed by atoms with Gasteiger partial charge in [-0.2, -0.15) is 0 Å². The molecule has 24 heavy (non-hydrogen) atoms. The second kappa shape index (κ2) is 6.65. The fraction of sp³-hybridized carbons (Fsp3) is 0.250. The molecule has 4 rings (SSSR count). The lowest BCUT2D eigenvalue weighted by atomic mass is 9.94. The van der Waals surface area contributed by atoms with Gasteiger partial charge in [0.1, 0.15) is 0 Å². The van der Waals surface area contributed by atoms with Crippen LogP contribution in [0.25, 0.3) is 32.3 Å². The van der Waals surface area contributed by atoms with Gasteiger partial charge in [0.05, 0.1) is 0 Å². The molecule has 0 saturated carbocycles. The lowest BCUT2D eigenvalue weighted by Gasteiger charge is -2.10. The van der Waals surface area contributed by atoms with Crippen molar-refractivity contribution < 1.29 is 0 Å². The average Bonchev–Trinajstić information content (AvgIpc) is 2.64. The minimum atomic E-state index is 1.19. The molecule has 0 saturated heterocycles. The maximum absolute atomic E-state index is 2.40. The maximum atomic E-state index is 2.40. The number of benzene rings is 4. The zero-order valence-electron chi connectivity index (χ0n) is 14.4. The molecule has 0 spiro atoms. The van der Waals surface area contributed by atoms with Crippen molar-refractivity contribution in [3.05, 3.63) is 72.3 Å². The molecule has 0 N–H and O–H groups in total. The van der Waals surface area contributed by atoms with E-state index in [9.17, 15) is 0 Å².